The van der Waals surface area contributed by atoms with Gasteiger partial charge in [0.2, 0.25) is 0 Å². The minimum atomic E-state index is -0.724. The van der Waals surface area contributed by atoms with Crippen molar-refractivity contribution in [1.82, 2.24) is 14.2 Å². The summed E-state index contributed by atoms with van der Waals surface area (Å²) in [5.74, 6) is 0.783. The molecule has 1 N–H and O–H groups in total. The van der Waals surface area contributed by atoms with E-state index in [9.17, 15) is 9.90 Å². The molecule has 0 aliphatic carbocycles. The fourth-order valence-corrected chi connectivity index (χ4v) is 3.24. The number of benzene rings is 1. The smallest absolute Gasteiger partial charge is 0.274 e. The van der Waals surface area contributed by atoms with Crippen LogP contribution in [0.25, 0.3) is 5.65 Å². The lowest BCUT2D eigenvalue weighted by atomic mass is 9.86. The summed E-state index contributed by atoms with van der Waals surface area (Å²) in [6.07, 6.45) is -0.724. The van der Waals surface area contributed by atoms with Gasteiger partial charge < -0.3 is 14.4 Å². The molecule has 6 nitrogen and oxygen atoms in total. The first-order valence-corrected chi connectivity index (χ1v) is 9.14. The summed E-state index contributed by atoms with van der Waals surface area (Å²) >= 11 is 0. The van der Waals surface area contributed by atoms with Gasteiger partial charge in [0.25, 0.3) is 5.56 Å². The highest BCUT2D eigenvalue weighted by Crippen LogP contribution is 2.31. The highest BCUT2D eigenvalue weighted by atomic mass is 16.5. The summed E-state index contributed by atoms with van der Waals surface area (Å²) in [6, 6.07) is 11.3. The van der Waals surface area contributed by atoms with Gasteiger partial charge in [0.05, 0.1) is 12.2 Å². The monoisotopic (exact) mass is 369 g/mol. The zero-order valence-electron chi connectivity index (χ0n) is 16.6. The van der Waals surface area contributed by atoms with Crippen molar-refractivity contribution in [2.24, 2.45) is 0 Å². The Kier molecular flexibility index (Phi) is 5.11. The van der Waals surface area contributed by atoms with Crippen molar-refractivity contribution in [1.29, 1.82) is 0 Å². The van der Waals surface area contributed by atoms with Crippen molar-refractivity contribution in [2.45, 2.75) is 52.7 Å². The second kappa shape index (κ2) is 7.19. The van der Waals surface area contributed by atoms with E-state index in [0.717, 1.165) is 22.7 Å². The summed E-state index contributed by atoms with van der Waals surface area (Å²) in [6.45, 7) is 10.6. The lowest BCUT2D eigenvalue weighted by Crippen LogP contribution is -2.28. The van der Waals surface area contributed by atoms with E-state index in [2.05, 4.69) is 25.9 Å². The number of rotatable bonds is 5. The van der Waals surface area contributed by atoms with Crippen molar-refractivity contribution >= 4 is 5.65 Å². The zero-order valence-corrected chi connectivity index (χ0v) is 16.6. The SMILES string of the molecule is Cc1cc2n(C[C@H](O)COc3ccccc3C(C)(C)C)c(C)cc(=O)n2n1. The van der Waals surface area contributed by atoms with Gasteiger partial charge in [-0.25, -0.2) is 0 Å². The van der Waals surface area contributed by atoms with E-state index < -0.39 is 6.10 Å². The number of aryl methyl sites for hydroxylation is 2. The Bertz CT molecular complexity index is 1010. The number of hydrogen-bond donors (Lipinski definition) is 1. The number of aromatic nitrogens is 3. The first kappa shape index (κ1) is 19.2. The topological polar surface area (TPSA) is 68.8 Å². The van der Waals surface area contributed by atoms with Crippen LogP contribution in [0.15, 0.2) is 41.2 Å². The average Bonchev–Trinajstić information content (AvgIpc) is 2.98. The van der Waals surface area contributed by atoms with Crippen LogP contribution in [0, 0.1) is 13.8 Å². The maximum absolute atomic E-state index is 12.1. The van der Waals surface area contributed by atoms with Crippen LogP contribution in [-0.4, -0.2) is 32.0 Å². The predicted molar refractivity (Wildman–Crippen MR) is 106 cm³/mol. The third-order valence-corrected chi connectivity index (χ3v) is 4.58. The molecule has 0 aliphatic heterocycles. The van der Waals surface area contributed by atoms with Crippen LogP contribution >= 0.6 is 0 Å². The van der Waals surface area contributed by atoms with Gasteiger partial charge in [0, 0.05) is 17.8 Å². The van der Waals surface area contributed by atoms with Crippen LogP contribution in [0.2, 0.25) is 0 Å². The van der Waals surface area contributed by atoms with E-state index in [1.165, 1.54) is 10.6 Å². The highest BCUT2D eigenvalue weighted by molar-refractivity contribution is 5.42. The Labute approximate surface area is 159 Å². The number of nitrogens with zero attached hydrogens (tertiary/aromatic N) is 3. The molecule has 0 fully saturated rings. The third-order valence-electron chi connectivity index (χ3n) is 4.58. The van der Waals surface area contributed by atoms with E-state index >= 15 is 0 Å². The molecule has 27 heavy (non-hydrogen) atoms. The number of para-hydroxylation sites is 1. The van der Waals surface area contributed by atoms with Gasteiger partial charge in [-0.05, 0) is 30.9 Å². The van der Waals surface area contributed by atoms with Gasteiger partial charge in [-0.1, -0.05) is 39.0 Å². The summed E-state index contributed by atoms with van der Waals surface area (Å²) in [5.41, 5.74) is 3.10. The summed E-state index contributed by atoms with van der Waals surface area (Å²) in [4.78, 5) is 12.1. The zero-order chi connectivity index (χ0) is 19.8. The fraction of sp³-hybridized carbons (Fsp3) is 0.429. The van der Waals surface area contributed by atoms with E-state index in [1.54, 1.807) is 0 Å². The van der Waals surface area contributed by atoms with E-state index in [4.69, 9.17) is 4.74 Å². The average molecular weight is 369 g/mol. The van der Waals surface area contributed by atoms with Crippen molar-refractivity contribution in [2.75, 3.05) is 6.61 Å². The van der Waals surface area contributed by atoms with Crippen LogP contribution in [-0.2, 0) is 12.0 Å². The third kappa shape index (κ3) is 4.06. The van der Waals surface area contributed by atoms with E-state index in [1.807, 2.05) is 48.7 Å². The molecule has 6 heteroatoms. The lowest BCUT2D eigenvalue weighted by Gasteiger charge is -2.24. The van der Waals surface area contributed by atoms with Crippen molar-refractivity contribution in [3.8, 4) is 5.75 Å². The van der Waals surface area contributed by atoms with Gasteiger partial charge in [0.1, 0.15) is 24.1 Å². The molecule has 2 aromatic heterocycles. The normalized spacial score (nSPS) is 13.1. The summed E-state index contributed by atoms with van der Waals surface area (Å²) < 4.78 is 9.19. The summed E-state index contributed by atoms with van der Waals surface area (Å²) in [5, 5.41) is 14.8. The quantitative estimate of drug-likeness (QED) is 0.751. The Morgan fingerprint density at radius 3 is 2.59 bits per heavy atom. The maximum Gasteiger partial charge on any atom is 0.274 e. The minimum absolute atomic E-state index is 0.0435. The first-order chi connectivity index (χ1) is 12.7. The summed E-state index contributed by atoms with van der Waals surface area (Å²) in [7, 11) is 0. The number of aliphatic hydroxyl groups excluding tert-OH is 1. The number of hydrogen-bond acceptors (Lipinski definition) is 4. The minimum Gasteiger partial charge on any atom is -0.491 e. The molecule has 144 valence electrons. The molecule has 3 aromatic rings. The maximum atomic E-state index is 12.1. The van der Waals surface area contributed by atoms with Gasteiger partial charge in [-0.3, -0.25) is 4.79 Å². The molecular weight excluding hydrogens is 342 g/mol. The van der Waals surface area contributed by atoms with Gasteiger partial charge >= 0.3 is 0 Å². The van der Waals surface area contributed by atoms with Crippen LogP contribution in [0.3, 0.4) is 0 Å². The molecule has 2 heterocycles. The van der Waals surface area contributed by atoms with Gasteiger partial charge in [-0.15, -0.1) is 0 Å². The Hall–Kier alpha value is -2.60. The molecule has 0 unspecified atom stereocenters. The van der Waals surface area contributed by atoms with Crippen LogP contribution < -0.4 is 10.3 Å². The first-order valence-electron chi connectivity index (χ1n) is 9.14. The predicted octanol–water partition coefficient (Wildman–Crippen LogP) is 2.85. The van der Waals surface area contributed by atoms with E-state index in [-0.39, 0.29) is 17.6 Å². The second-order valence-electron chi connectivity index (χ2n) is 8.00. The Balaban J connectivity index is 1.79. The molecule has 0 amide bonds. The van der Waals surface area contributed by atoms with Crippen molar-refractivity contribution in [3.05, 3.63) is 63.7 Å². The standard InChI is InChI=1S/C21H27N3O3/c1-14-10-19-23(15(2)11-20(26)24(19)22-14)12-16(25)13-27-18-9-7-6-8-17(18)21(3,4)5/h6-11,16,25H,12-13H2,1-5H3/t16-/m0/s1. The molecule has 0 spiro atoms. The fourth-order valence-electron chi connectivity index (χ4n) is 3.24. The molecule has 0 radical (unpaired) electrons. The van der Waals surface area contributed by atoms with Crippen LogP contribution in [0.1, 0.15) is 37.7 Å². The molecule has 0 saturated carbocycles. The largest absolute Gasteiger partial charge is 0.491 e. The molecular formula is C21H27N3O3. The number of aliphatic hydroxyl groups is 1. The van der Waals surface area contributed by atoms with Crippen molar-refractivity contribution in [3.63, 3.8) is 0 Å². The molecule has 1 atom stereocenters. The lowest BCUT2D eigenvalue weighted by molar-refractivity contribution is 0.0916. The van der Waals surface area contributed by atoms with Gasteiger partial charge in [0.15, 0.2) is 0 Å². The Morgan fingerprint density at radius 2 is 1.89 bits per heavy atom. The highest BCUT2D eigenvalue weighted by Gasteiger charge is 2.19. The van der Waals surface area contributed by atoms with Crippen LogP contribution in [0.5, 0.6) is 5.75 Å². The number of ether oxygens (including phenoxy) is 1. The van der Waals surface area contributed by atoms with E-state index in [0.29, 0.717) is 12.2 Å². The Morgan fingerprint density at radius 1 is 1.19 bits per heavy atom. The molecule has 1 aromatic carbocycles. The van der Waals surface area contributed by atoms with Crippen LogP contribution in [0.4, 0.5) is 0 Å². The molecule has 0 bridgehead atoms. The molecule has 3 rings (SSSR count). The molecule has 0 saturated heterocycles. The molecule has 0 aliphatic rings. The van der Waals surface area contributed by atoms with Gasteiger partial charge in [-0.2, -0.15) is 9.61 Å². The van der Waals surface area contributed by atoms with Crippen molar-refractivity contribution < 1.29 is 9.84 Å². The number of fused-ring (bicyclic) bond motifs is 1. The second-order valence-corrected chi connectivity index (χ2v) is 8.00.